The first-order valence-corrected chi connectivity index (χ1v) is 10.1. The number of aliphatic hydroxyl groups excluding tert-OH is 1. The van der Waals surface area contributed by atoms with E-state index in [1.165, 1.54) is 0 Å². The highest BCUT2D eigenvalue weighted by Gasteiger charge is 2.10. The number of nitrogens with zero attached hydrogens (tertiary/aromatic N) is 2. The van der Waals surface area contributed by atoms with E-state index in [9.17, 15) is 9.59 Å². The van der Waals surface area contributed by atoms with E-state index in [0.29, 0.717) is 31.6 Å². The number of pyridine rings is 1. The summed E-state index contributed by atoms with van der Waals surface area (Å²) in [5.41, 5.74) is 4.89. The number of carbonyl (C=O) groups excluding carboxylic acids is 2. The third-order valence-electron chi connectivity index (χ3n) is 4.61. The summed E-state index contributed by atoms with van der Waals surface area (Å²) >= 11 is 1.65. The van der Waals surface area contributed by atoms with Crippen LogP contribution in [0.25, 0.3) is 20.9 Å². The molecular formula is C22H23N3O3S. The van der Waals surface area contributed by atoms with Crippen LogP contribution in [0.4, 0.5) is 5.69 Å². The van der Waals surface area contributed by atoms with E-state index in [2.05, 4.69) is 34.6 Å². The summed E-state index contributed by atoms with van der Waals surface area (Å²) in [7, 11) is 0. The number of thiophene rings is 1. The van der Waals surface area contributed by atoms with E-state index in [1.807, 2.05) is 19.1 Å². The Labute approximate surface area is 173 Å². The summed E-state index contributed by atoms with van der Waals surface area (Å²) in [5.74, 6) is 0. The zero-order chi connectivity index (χ0) is 20.6. The van der Waals surface area contributed by atoms with Crippen LogP contribution in [-0.2, 0) is 16.1 Å². The molecule has 0 aliphatic rings. The minimum atomic E-state index is 0.0692. The van der Waals surface area contributed by atoms with Crippen LogP contribution in [0.5, 0.6) is 0 Å². The average Bonchev–Trinajstić information content (AvgIpc) is 3.23. The molecule has 0 radical (unpaired) electrons. The fourth-order valence-electron chi connectivity index (χ4n) is 3.03. The molecule has 0 aliphatic heterocycles. The van der Waals surface area contributed by atoms with Gasteiger partial charge in [-0.15, -0.1) is 11.3 Å². The molecule has 29 heavy (non-hydrogen) atoms. The van der Waals surface area contributed by atoms with Crippen molar-refractivity contribution in [3.05, 3.63) is 59.9 Å². The predicted octanol–water partition coefficient (Wildman–Crippen LogP) is 3.69. The van der Waals surface area contributed by atoms with E-state index >= 15 is 0 Å². The summed E-state index contributed by atoms with van der Waals surface area (Å²) in [6, 6.07) is 12.3. The molecule has 0 spiro atoms. The Morgan fingerprint density at radius 1 is 1.10 bits per heavy atom. The van der Waals surface area contributed by atoms with E-state index < -0.39 is 0 Å². The highest BCUT2D eigenvalue weighted by molar-refractivity contribution is 7.18. The van der Waals surface area contributed by atoms with Gasteiger partial charge in [-0.05, 0) is 54.3 Å². The average molecular weight is 410 g/mol. The zero-order valence-electron chi connectivity index (χ0n) is 16.2. The number of carbonyl (C=O) groups is 2. The summed E-state index contributed by atoms with van der Waals surface area (Å²) in [6.45, 7) is 3.15. The SMILES string of the molecule is Cc1ccc(-c2ccc(-c3cncc(NC=O)c3)s2)cc1CN(C=O)CCCO. The van der Waals surface area contributed by atoms with E-state index in [1.54, 1.807) is 28.6 Å². The van der Waals surface area contributed by atoms with Gasteiger partial charge in [0.05, 0.1) is 11.9 Å². The van der Waals surface area contributed by atoms with Gasteiger partial charge in [0.15, 0.2) is 0 Å². The number of rotatable bonds is 10. The zero-order valence-corrected chi connectivity index (χ0v) is 17.0. The van der Waals surface area contributed by atoms with Crippen molar-refractivity contribution >= 4 is 29.8 Å². The van der Waals surface area contributed by atoms with Gasteiger partial charge in [0.25, 0.3) is 0 Å². The molecule has 3 rings (SSSR count). The Morgan fingerprint density at radius 2 is 1.90 bits per heavy atom. The first kappa shape index (κ1) is 20.7. The van der Waals surface area contributed by atoms with Crippen molar-refractivity contribution < 1.29 is 14.7 Å². The second-order valence-electron chi connectivity index (χ2n) is 6.68. The van der Waals surface area contributed by atoms with Crippen molar-refractivity contribution in [3.63, 3.8) is 0 Å². The molecule has 0 bridgehead atoms. The van der Waals surface area contributed by atoms with Crippen molar-refractivity contribution in [2.24, 2.45) is 0 Å². The number of nitrogens with one attached hydrogen (secondary N) is 1. The second kappa shape index (κ2) is 9.95. The fraction of sp³-hybridized carbons (Fsp3) is 0.227. The number of amides is 2. The Kier molecular flexibility index (Phi) is 7.10. The van der Waals surface area contributed by atoms with Gasteiger partial charge in [0.1, 0.15) is 0 Å². The molecule has 0 aliphatic carbocycles. The van der Waals surface area contributed by atoms with Crippen LogP contribution in [0.15, 0.2) is 48.8 Å². The standard InChI is InChI=1S/C22H23N3O3S/c1-16-3-4-17(9-19(16)13-25(15-28)7-2-8-26)21-5-6-22(29-21)18-10-20(24-14-27)12-23-11-18/h3-6,9-12,14-15,26H,2,7-8,13H2,1H3,(H,24,27). The number of aromatic nitrogens is 1. The minimum Gasteiger partial charge on any atom is -0.396 e. The highest BCUT2D eigenvalue weighted by Crippen LogP contribution is 2.35. The quantitative estimate of drug-likeness (QED) is 0.500. The van der Waals surface area contributed by atoms with Gasteiger partial charge in [0, 0.05) is 41.2 Å². The number of benzene rings is 1. The molecule has 0 saturated carbocycles. The number of hydrogen-bond donors (Lipinski definition) is 2. The van der Waals surface area contributed by atoms with E-state index in [-0.39, 0.29) is 6.61 Å². The lowest BCUT2D eigenvalue weighted by Crippen LogP contribution is -2.23. The highest BCUT2D eigenvalue weighted by atomic mass is 32.1. The lowest BCUT2D eigenvalue weighted by atomic mass is 10.0. The van der Waals surface area contributed by atoms with Crippen LogP contribution in [0.1, 0.15) is 17.5 Å². The van der Waals surface area contributed by atoms with Crippen molar-refractivity contribution in [2.75, 3.05) is 18.5 Å². The molecule has 0 unspecified atom stereocenters. The number of anilines is 1. The lowest BCUT2D eigenvalue weighted by molar-refractivity contribution is -0.118. The molecule has 2 amide bonds. The normalized spacial score (nSPS) is 10.6. The Hall–Kier alpha value is -3.03. The van der Waals surface area contributed by atoms with Crippen LogP contribution < -0.4 is 5.32 Å². The first-order chi connectivity index (χ1) is 14.1. The molecule has 0 fully saturated rings. The maximum Gasteiger partial charge on any atom is 0.211 e. The monoisotopic (exact) mass is 409 g/mol. The van der Waals surface area contributed by atoms with Crippen LogP contribution in [0.3, 0.4) is 0 Å². The Bertz CT molecular complexity index is 987. The maximum atomic E-state index is 11.3. The molecular weight excluding hydrogens is 386 g/mol. The largest absolute Gasteiger partial charge is 0.396 e. The summed E-state index contributed by atoms with van der Waals surface area (Å²) < 4.78 is 0. The van der Waals surface area contributed by atoms with Crippen molar-refractivity contribution in [1.82, 2.24) is 9.88 Å². The molecule has 150 valence electrons. The van der Waals surface area contributed by atoms with Crippen molar-refractivity contribution in [1.29, 1.82) is 0 Å². The molecule has 3 aromatic rings. The summed E-state index contributed by atoms with van der Waals surface area (Å²) in [6.07, 6.45) is 5.41. The minimum absolute atomic E-state index is 0.0692. The van der Waals surface area contributed by atoms with Gasteiger partial charge >= 0.3 is 0 Å². The first-order valence-electron chi connectivity index (χ1n) is 9.30. The number of hydrogen-bond acceptors (Lipinski definition) is 5. The van der Waals surface area contributed by atoms with Gasteiger partial charge in [-0.3, -0.25) is 14.6 Å². The third-order valence-corrected chi connectivity index (χ3v) is 5.80. The Balaban J connectivity index is 1.84. The Morgan fingerprint density at radius 3 is 2.62 bits per heavy atom. The molecule has 7 heteroatoms. The van der Waals surface area contributed by atoms with Gasteiger partial charge in [-0.2, -0.15) is 0 Å². The van der Waals surface area contributed by atoms with Crippen LogP contribution >= 0.6 is 11.3 Å². The van der Waals surface area contributed by atoms with Gasteiger partial charge < -0.3 is 15.3 Å². The van der Waals surface area contributed by atoms with Crippen molar-refractivity contribution in [3.8, 4) is 20.9 Å². The second-order valence-corrected chi connectivity index (χ2v) is 7.77. The molecule has 2 N–H and O–H groups in total. The molecule has 2 aromatic heterocycles. The summed E-state index contributed by atoms with van der Waals surface area (Å²) in [5, 5.41) is 11.6. The van der Waals surface area contributed by atoms with Gasteiger partial charge in [0.2, 0.25) is 12.8 Å². The van der Waals surface area contributed by atoms with Crippen molar-refractivity contribution in [2.45, 2.75) is 19.9 Å². The van der Waals surface area contributed by atoms with Crippen LogP contribution in [-0.4, -0.2) is 41.0 Å². The van der Waals surface area contributed by atoms with Crippen LogP contribution in [0.2, 0.25) is 0 Å². The van der Waals surface area contributed by atoms with Crippen LogP contribution in [0, 0.1) is 6.92 Å². The number of aryl methyl sites for hydroxylation is 1. The maximum absolute atomic E-state index is 11.3. The smallest absolute Gasteiger partial charge is 0.211 e. The van der Waals surface area contributed by atoms with Gasteiger partial charge in [-0.1, -0.05) is 12.1 Å². The molecule has 0 saturated heterocycles. The molecule has 2 heterocycles. The predicted molar refractivity (Wildman–Crippen MR) is 116 cm³/mol. The molecule has 1 aromatic carbocycles. The van der Waals surface area contributed by atoms with E-state index in [0.717, 1.165) is 38.4 Å². The van der Waals surface area contributed by atoms with Gasteiger partial charge in [-0.25, -0.2) is 0 Å². The summed E-state index contributed by atoms with van der Waals surface area (Å²) in [4.78, 5) is 30.0. The topological polar surface area (TPSA) is 82.5 Å². The third kappa shape index (κ3) is 5.28. The van der Waals surface area contributed by atoms with E-state index in [4.69, 9.17) is 5.11 Å². The molecule has 0 atom stereocenters. The lowest BCUT2D eigenvalue weighted by Gasteiger charge is -2.18. The fourth-order valence-corrected chi connectivity index (χ4v) is 4.01. The molecule has 6 nitrogen and oxygen atoms in total. The number of aliphatic hydroxyl groups is 1.